The quantitative estimate of drug-likeness (QED) is 0.364. The fraction of sp³-hybridized carbons (Fsp3) is 0.684. The van der Waals surface area contributed by atoms with E-state index in [1.165, 1.54) is 57.4 Å². The molecule has 0 saturated carbocycles. The van der Waals surface area contributed by atoms with Crippen molar-refractivity contribution >= 4 is 18.8 Å². The summed E-state index contributed by atoms with van der Waals surface area (Å²) in [6.45, 7) is 7.79. The predicted molar refractivity (Wildman–Crippen MR) is 96.1 cm³/mol. The molecular formula is C19H34OSn. The first-order valence-corrected chi connectivity index (χ1v) is 16.2. The molecule has 0 atom stereocenters. The Bertz CT molecular complexity index is 328. The molecule has 1 aromatic rings. The van der Waals surface area contributed by atoms with Crippen LogP contribution in [0.15, 0.2) is 30.3 Å². The average molecular weight is 397 g/mol. The van der Waals surface area contributed by atoms with E-state index < -0.39 is 18.8 Å². The van der Waals surface area contributed by atoms with Gasteiger partial charge < -0.3 is 0 Å². The van der Waals surface area contributed by atoms with Crippen molar-refractivity contribution in [2.75, 3.05) is 0 Å². The minimum absolute atomic E-state index is 0.855. The third kappa shape index (κ3) is 7.69. The molecule has 120 valence electrons. The van der Waals surface area contributed by atoms with Gasteiger partial charge in [0.25, 0.3) is 0 Å². The molecule has 0 heterocycles. The van der Waals surface area contributed by atoms with Gasteiger partial charge in [-0.3, -0.25) is 0 Å². The SMILES string of the molecule is CCC[CH2][Sn]([CH2]CCC)([CH2]CCC)[O]Cc1ccccc1. The van der Waals surface area contributed by atoms with Crippen molar-refractivity contribution in [3.8, 4) is 0 Å². The van der Waals surface area contributed by atoms with E-state index in [1.807, 2.05) is 0 Å². The van der Waals surface area contributed by atoms with E-state index in [0.717, 1.165) is 6.61 Å². The Labute approximate surface area is 136 Å². The maximum absolute atomic E-state index is 6.73. The topological polar surface area (TPSA) is 9.23 Å². The minimum atomic E-state index is -2.39. The molecule has 0 fully saturated rings. The van der Waals surface area contributed by atoms with Gasteiger partial charge in [0, 0.05) is 0 Å². The zero-order valence-corrected chi connectivity index (χ0v) is 17.2. The monoisotopic (exact) mass is 398 g/mol. The van der Waals surface area contributed by atoms with Crippen LogP contribution in [0, 0.1) is 0 Å². The first-order chi connectivity index (χ1) is 10.3. The van der Waals surface area contributed by atoms with E-state index in [0.29, 0.717) is 0 Å². The predicted octanol–water partition coefficient (Wildman–Crippen LogP) is 6.55. The summed E-state index contributed by atoms with van der Waals surface area (Å²) in [7, 11) is 0. The van der Waals surface area contributed by atoms with Gasteiger partial charge in [-0.25, -0.2) is 0 Å². The summed E-state index contributed by atoms with van der Waals surface area (Å²) in [5.41, 5.74) is 1.35. The third-order valence-electron chi connectivity index (χ3n) is 4.35. The molecule has 0 amide bonds. The van der Waals surface area contributed by atoms with Gasteiger partial charge in [-0.15, -0.1) is 0 Å². The van der Waals surface area contributed by atoms with E-state index >= 15 is 0 Å². The van der Waals surface area contributed by atoms with Crippen molar-refractivity contribution in [2.45, 2.75) is 79.2 Å². The van der Waals surface area contributed by atoms with Crippen molar-refractivity contribution in [3.05, 3.63) is 35.9 Å². The summed E-state index contributed by atoms with van der Waals surface area (Å²) in [5.74, 6) is 0. The van der Waals surface area contributed by atoms with E-state index in [1.54, 1.807) is 0 Å². The Balaban J connectivity index is 2.69. The van der Waals surface area contributed by atoms with Crippen LogP contribution in [0.1, 0.15) is 64.9 Å². The Morgan fingerprint density at radius 2 is 1.24 bits per heavy atom. The molecule has 0 N–H and O–H groups in total. The second-order valence-corrected chi connectivity index (χ2v) is 18.1. The normalized spacial score (nSPS) is 11.8. The molecule has 1 nitrogen and oxygen atoms in total. The van der Waals surface area contributed by atoms with Gasteiger partial charge in [-0.05, 0) is 0 Å². The van der Waals surface area contributed by atoms with Crippen LogP contribution in [0.2, 0.25) is 13.3 Å². The van der Waals surface area contributed by atoms with E-state index in [4.69, 9.17) is 3.07 Å². The molecule has 21 heavy (non-hydrogen) atoms. The zero-order chi connectivity index (χ0) is 15.4. The molecule has 0 bridgehead atoms. The maximum atomic E-state index is 6.73. The number of benzene rings is 1. The average Bonchev–Trinajstić information content (AvgIpc) is 2.54. The van der Waals surface area contributed by atoms with Crippen molar-refractivity contribution in [2.24, 2.45) is 0 Å². The van der Waals surface area contributed by atoms with Crippen LogP contribution < -0.4 is 0 Å². The van der Waals surface area contributed by atoms with Crippen LogP contribution in [-0.4, -0.2) is 18.8 Å². The molecule has 0 aliphatic carbocycles. The van der Waals surface area contributed by atoms with Gasteiger partial charge in [0.2, 0.25) is 0 Å². The van der Waals surface area contributed by atoms with Crippen LogP contribution in [-0.2, 0) is 9.68 Å². The molecule has 2 heteroatoms. The van der Waals surface area contributed by atoms with Crippen LogP contribution >= 0.6 is 0 Å². The second-order valence-electron chi connectivity index (χ2n) is 6.27. The summed E-state index contributed by atoms with van der Waals surface area (Å²) in [6.07, 6.45) is 8.05. The van der Waals surface area contributed by atoms with Gasteiger partial charge in [-0.1, -0.05) is 0 Å². The van der Waals surface area contributed by atoms with Crippen LogP contribution in [0.5, 0.6) is 0 Å². The third-order valence-corrected chi connectivity index (χ3v) is 17.3. The molecule has 0 aliphatic rings. The summed E-state index contributed by atoms with van der Waals surface area (Å²) in [6, 6.07) is 10.7. The summed E-state index contributed by atoms with van der Waals surface area (Å²) in [4.78, 5) is 0. The summed E-state index contributed by atoms with van der Waals surface area (Å²) in [5, 5.41) is 0. The first-order valence-electron chi connectivity index (χ1n) is 8.94. The summed E-state index contributed by atoms with van der Waals surface area (Å²) < 4.78 is 11.0. The molecular weight excluding hydrogens is 363 g/mol. The van der Waals surface area contributed by atoms with E-state index in [-0.39, 0.29) is 0 Å². The molecule has 1 aromatic carbocycles. The summed E-state index contributed by atoms with van der Waals surface area (Å²) >= 11 is -2.39. The fourth-order valence-corrected chi connectivity index (χ4v) is 16.2. The second kappa shape index (κ2) is 11.5. The van der Waals surface area contributed by atoms with E-state index in [9.17, 15) is 0 Å². The molecule has 0 spiro atoms. The first kappa shape index (κ1) is 19.0. The molecule has 0 aliphatic heterocycles. The Morgan fingerprint density at radius 1 is 0.762 bits per heavy atom. The standard InChI is InChI=1S/C7H7O.3C4H9.Sn/c8-6-7-4-2-1-3-5-7;3*1-3-4-2;/h1-5H,6H2;3*1,3-4H2,2H3;/q-1;;;;+1. The molecule has 0 radical (unpaired) electrons. The molecule has 0 saturated heterocycles. The van der Waals surface area contributed by atoms with Gasteiger partial charge in [0.1, 0.15) is 0 Å². The Hall–Kier alpha value is -0.0213. The van der Waals surface area contributed by atoms with Crippen molar-refractivity contribution in [3.63, 3.8) is 0 Å². The fourth-order valence-electron chi connectivity index (χ4n) is 2.90. The van der Waals surface area contributed by atoms with Crippen molar-refractivity contribution in [1.82, 2.24) is 0 Å². The Morgan fingerprint density at radius 3 is 1.67 bits per heavy atom. The molecule has 0 unspecified atom stereocenters. The molecule has 1 rings (SSSR count). The van der Waals surface area contributed by atoms with Gasteiger partial charge in [-0.2, -0.15) is 0 Å². The van der Waals surface area contributed by atoms with Crippen molar-refractivity contribution in [1.29, 1.82) is 0 Å². The molecule has 0 aromatic heterocycles. The van der Waals surface area contributed by atoms with Gasteiger partial charge >= 0.3 is 137 Å². The van der Waals surface area contributed by atoms with Crippen LogP contribution in [0.25, 0.3) is 0 Å². The number of hydrogen-bond donors (Lipinski definition) is 0. The van der Waals surface area contributed by atoms with Gasteiger partial charge in [0.05, 0.1) is 0 Å². The number of hydrogen-bond acceptors (Lipinski definition) is 1. The van der Waals surface area contributed by atoms with Crippen LogP contribution in [0.3, 0.4) is 0 Å². The van der Waals surface area contributed by atoms with Crippen molar-refractivity contribution < 1.29 is 3.07 Å². The van der Waals surface area contributed by atoms with E-state index in [2.05, 4.69) is 51.1 Å². The zero-order valence-electron chi connectivity index (χ0n) is 14.4. The number of unbranched alkanes of at least 4 members (excludes halogenated alkanes) is 3. The van der Waals surface area contributed by atoms with Gasteiger partial charge in [0.15, 0.2) is 0 Å². The Kier molecular flexibility index (Phi) is 10.4. The number of rotatable bonds is 12. The van der Waals surface area contributed by atoms with Crippen LogP contribution in [0.4, 0.5) is 0 Å².